The molecule has 5 rings (SSSR count). The molecule has 0 saturated heterocycles. The molecule has 0 bridgehead atoms. The third kappa shape index (κ3) is 4.09. The maximum absolute atomic E-state index is 13.8. The maximum atomic E-state index is 13.8. The van der Waals surface area contributed by atoms with Crippen LogP contribution in [0.2, 0.25) is 0 Å². The fourth-order valence-electron chi connectivity index (χ4n) is 4.75. The molecule has 33 heavy (non-hydrogen) atoms. The summed E-state index contributed by atoms with van der Waals surface area (Å²) < 4.78 is 7.19. The van der Waals surface area contributed by atoms with E-state index in [1.54, 1.807) is 7.11 Å². The number of aromatic nitrogens is 2. The van der Waals surface area contributed by atoms with E-state index in [-0.39, 0.29) is 17.7 Å². The van der Waals surface area contributed by atoms with Crippen molar-refractivity contribution in [3.63, 3.8) is 0 Å². The molecule has 2 aliphatic rings. The van der Waals surface area contributed by atoms with Crippen LogP contribution in [-0.4, -0.2) is 46.5 Å². The lowest BCUT2D eigenvalue weighted by Gasteiger charge is -2.36. The number of ether oxygens (including phenoxy) is 1. The maximum Gasteiger partial charge on any atom is 0.250 e. The van der Waals surface area contributed by atoms with Crippen LogP contribution in [-0.2, 0) is 18.4 Å². The average molecular weight is 441 g/mol. The molecule has 2 atom stereocenters. The molecule has 2 aromatic carbocycles. The summed E-state index contributed by atoms with van der Waals surface area (Å²) in [6.45, 7) is 3.92. The number of aliphatic imine (C=N–C) groups is 1. The summed E-state index contributed by atoms with van der Waals surface area (Å²) in [5.41, 5.74) is 6.20. The van der Waals surface area contributed by atoms with Crippen molar-refractivity contribution >= 4 is 11.6 Å². The summed E-state index contributed by atoms with van der Waals surface area (Å²) in [5, 5.41) is 4.37. The number of amides is 1. The van der Waals surface area contributed by atoms with Crippen molar-refractivity contribution in [3.05, 3.63) is 94.8 Å². The third-order valence-corrected chi connectivity index (χ3v) is 6.58. The van der Waals surface area contributed by atoms with E-state index >= 15 is 0 Å². The number of aryl methyl sites for hydroxylation is 1. The van der Waals surface area contributed by atoms with Gasteiger partial charge in [-0.05, 0) is 34.9 Å². The zero-order valence-corrected chi connectivity index (χ0v) is 19.2. The zero-order chi connectivity index (χ0) is 22.9. The van der Waals surface area contributed by atoms with Gasteiger partial charge in [-0.15, -0.1) is 0 Å². The van der Waals surface area contributed by atoms with Gasteiger partial charge in [0.15, 0.2) is 0 Å². The monoisotopic (exact) mass is 440 g/mol. The van der Waals surface area contributed by atoms with Crippen LogP contribution in [0.1, 0.15) is 35.1 Å². The van der Waals surface area contributed by atoms with Gasteiger partial charge in [-0.1, -0.05) is 43.3 Å². The quantitative estimate of drug-likeness (QED) is 0.617. The predicted octanol–water partition coefficient (Wildman–Crippen LogP) is 3.97. The summed E-state index contributed by atoms with van der Waals surface area (Å²) >= 11 is 0. The van der Waals surface area contributed by atoms with E-state index in [0.29, 0.717) is 19.6 Å². The molecule has 3 aromatic rings. The minimum atomic E-state index is 0.0703. The van der Waals surface area contributed by atoms with Gasteiger partial charge in [0.05, 0.1) is 19.0 Å². The van der Waals surface area contributed by atoms with Crippen molar-refractivity contribution in [3.8, 4) is 5.75 Å². The van der Waals surface area contributed by atoms with E-state index in [1.165, 1.54) is 11.1 Å². The average Bonchev–Trinajstić information content (AvgIpc) is 3.29. The van der Waals surface area contributed by atoms with Gasteiger partial charge in [-0.25, -0.2) is 0 Å². The Morgan fingerprint density at radius 2 is 2.00 bits per heavy atom. The number of allylic oxidation sites excluding steroid dienone is 1. The van der Waals surface area contributed by atoms with Gasteiger partial charge in [0, 0.05) is 55.9 Å². The van der Waals surface area contributed by atoms with Crippen molar-refractivity contribution in [1.29, 1.82) is 0 Å². The summed E-state index contributed by atoms with van der Waals surface area (Å²) in [6, 6.07) is 16.2. The highest BCUT2D eigenvalue weighted by atomic mass is 16.5. The summed E-state index contributed by atoms with van der Waals surface area (Å²) in [6.07, 6.45) is 5.92. The Hall–Kier alpha value is -3.67. The first kappa shape index (κ1) is 21.2. The van der Waals surface area contributed by atoms with Gasteiger partial charge in [0.25, 0.3) is 5.91 Å². The standard InChI is InChI=1S/C27H28N4O2/c1-18-13-28-26(19-8-6-9-22(11-19)33-3)12-24(18)27(32)31-16-20-7-4-5-10-23(20)25(17-31)21-14-29-30(2)15-21/h4-12,14-15,18,25H,13,16-17H2,1-3H3. The first-order valence-electron chi connectivity index (χ1n) is 11.3. The molecular weight excluding hydrogens is 412 g/mol. The molecule has 0 aliphatic carbocycles. The van der Waals surface area contributed by atoms with Crippen LogP contribution < -0.4 is 4.74 Å². The summed E-state index contributed by atoms with van der Waals surface area (Å²) in [7, 11) is 3.58. The van der Waals surface area contributed by atoms with Crippen LogP contribution in [0.25, 0.3) is 0 Å². The fourth-order valence-corrected chi connectivity index (χ4v) is 4.75. The van der Waals surface area contributed by atoms with E-state index in [2.05, 4.69) is 30.2 Å². The molecule has 1 amide bonds. The van der Waals surface area contributed by atoms with Crippen molar-refractivity contribution in [2.45, 2.75) is 19.4 Å². The van der Waals surface area contributed by atoms with Crippen LogP contribution in [0.5, 0.6) is 5.75 Å². The van der Waals surface area contributed by atoms with Gasteiger partial charge in [-0.3, -0.25) is 14.5 Å². The lowest BCUT2D eigenvalue weighted by molar-refractivity contribution is -0.128. The normalized spacial score (nSPS) is 20.0. The molecule has 6 nitrogen and oxygen atoms in total. The van der Waals surface area contributed by atoms with Crippen LogP contribution in [0.3, 0.4) is 0 Å². The molecule has 0 N–H and O–H groups in total. The van der Waals surface area contributed by atoms with Crippen LogP contribution in [0.15, 0.2) is 77.6 Å². The van der Waals surface area contributed by atoms with Crippen LogP contribution >= 0.6 is 0 Å². The lowest BCUT2D eigenvalue weighted by Crippen LogP contribution is -2.41. The Morgan fingerprint density at radius 3 is 2.79 bits per heavy atom. The van der Waals surface area contributed by atoms with Crippen LogP contribution in [0, 0.1) is 5.92 Å². The topological polar surface area (TPSA) is 59.7 Å². The van der Waals surface area contributed by atoms with Gasteiger partial charge >= 0.3 is 0 Å². The number of carbonyl (C=O) groups excluding carboxylic acids is 1. The van der Waals surface area contributed by atoms with Crippen molar-refractivity contribution < 1.29 is 9.53 Å². The molecule has 0 fully saturated rings. The fraction of sp³-hybridized carbons (Fsp3) is 0.296. The highest BCUT2D eigenvalue weighted by Gasteiger charge is 2.33. The number of nitrogens with zero attached hydrogens (tertiary/aromatic N) is 4. The molecule has 0 spiro atoms. The second-order valence-electron chi connectivity index (χ2n) is 8.84. The van der Waals surface area contributed by atoms with Gasteiger partial charge < -0.3 is 9.64 Å². The molecule has 2 aliphatic heterocycles. The van der Waals surface area contributed by atoms with E-state index in [4.69, 9.17) is 9.73 Å². The largest absolute Gasteiger partial charge is 0.497 e. The van der Waals surface area contributed by atoms with Crippen molar-refractivity contribution in [2.24, 2.45) is 18.0 Å². The number of methoxy groups -OCH3 is 1. The number of benzene rings is 2. The van der Waals surface area contributed by atoms with Crippen molar-refractivity contribution in [1.82, 2.24) is 14.7 Å². The molecule has 3 heterocycles. The first-order valence-corrected chi connectivity index (χ1v) is 11.3. The van der Waals surface area contributed by atoms with E-state index in [9.17, 15) is 4.79 Å². The summed E-state index contributed by atoms with van der Waals surface area (Å²) in [4.78, 5) is 20.5. The third-order valence-electron chi connectivity index (χ3n) is 6.58. The second kappa shape index (κ2) is 8.70. The number of carbonyl (C=O) groups is 1. The molecule has 0 saturated carbocycles. The first-order chi connectivity index (χ1) is 16.0. The zero-order valence-electron chi connectivity index (χ0n) is 19.2. The predicted molar refractivity (Wildman–Crippen MR) is 129 cm³/mol. The minimum absolute atomic E-state index is 0.0703. The molecule has 0 radical (unpaired) electrons. The minimum Gasteiger partial charge on any atom is -0.497 e. The number of fused-ring (bicyclic) bond motifs is 1. The number of hydrogen-bond donors (Lipinski definition) is 0. The molecular formula is C27H28N4O2. The Morgan fingerprint density at radius 1 is 1.15 bits per heavy atom. The summed E-state index contributed by atoms with van der Waals surface area (Å²) in [5.74, 6) is 1.04. The number of rotatable bonds is 4. The molecule has 6 heteroatoms. The lowest BCUT2D eigenvalue weighted by atomic mass is 9.85. The van der Waals surface area contributed by atoms with E-state index in [1.807, 2.05) is 65.4 Å². The smallest absolute Gasteiger partial charge is 0.250 e. The number of hydrogen-bond acceptors (Lipinski definition) is 4. The SMILES string of the molecule is COc1cccc(C2=NCC(C)C(C(=O)N3Cc4ccccc4C(c4cnn(C)c4)C3)=C2)c1. The van der Waals surface area contributed by atoms with E-state index < -0.39 is 0 Å². The van der Waals surface area contributed by atoms with E-state index in [0.717, 1.165) is 28.2 Å². The molecule has 1 aromatic heterocycles. The second-order valence-corrected chi connectivity index (χ2v) is 8.84. The number of dihydropyridines is 1. The Balaban J connectivity index is 1.47. The Kier molecular flexibility index (Phi) is 5.58. The molecule has 168 valence electrons. The molecule has 2 unspecified atom stereocenters. The van der Waals surface area contributed by atoms with Crippen molar-refractivity contribution in [2.75, 3.05) is 20.2 Å². The Labute approximate surface area is 194 Å². The Bertz CT molecular complexity index is 1260. The van der Waals surface area contributed by atoms with Gasteiger partial charge in [0.2, 0.25) is 0 Å². The highest BCUT2D eigenvalue weighted by molar-refractivity contribution is 6.13. The highest BCUT2D eigenvalue weighted by Crippen LogP contribution is 2.35. The van der Waals surface area contributed by atoms with Gasteiger partial charge in [0.1, 0.15) is 5.75 Å². The van der Waals surface area contributed by atoms with Gasteiger partial charge in [-0.2, -0.15) is 5.10 Å². The van der Waals surface area contributed by atoms with Crippen LogP contribution in [0.4, 0.5) is 0 Å².